The van der Waals surface area contributed by atoms with E-state index < -0.39 is 35.6 Å². The van der Waals surface area contributed by atoms with E-state index in [1.165, 1.54) is 5.57 Å². The number of aliphatic hydroxyl groups excluding tert-OH is 2. The SMILES string of the molecule is CCC(C)=CC[C@H](OC(=O)CC(O)C(C)(C)C(=O)[C@H](C)[C@@H](O)[C@@H](C)CC)C(C)=Cc1csc(C)n1. The van der Waals surface area contributed by atoms with Gasteiger partial charge in [0.15, 0.2) is 0 Å². The van der Waals surface area contributed by atoms with Gasteiger partial charge in [-0.3, -0.25) is 9.59 Å². The molecule has 1 heterocycles. The number of hydrogen-bond acceptors (Lipinski definition) is 7. The fourth-order valence-electron chi connectivity index (χ4n) is 3.81. The Morgan fingerprint density at radius 2 is 1.83 bits per heavy atom. The van der Waals surface area contributed by atoms with E-state index in [2.05, 4.69) is 18.0 Å². The first-order chi connectivity index (χ1) is 16.2. The van der Waals surface area contributed by atoms with Gasteiger partial charge in [0.05, 0.1) is 34.7 Å². The van der Waals surface area contributed by atoms with E-state index in [1.54, 1.807) is 32.1 Å². The van der Waals surface area contributed by atoms with Crippen LogP contribution in [0.15, 0.2) is 22.6 Å². The van der Waals surface area contributed by atoms with Crippen molar-refractivity contribution in [3.63, 3.8) is 0 Å². The number of thiazole rings is 1. The third kappa shape index (κ3) is 9.28. The van der Waals surface area contributed by atoms with Crippen molar-refractivity contribution in [2.45, 2.75) is 106 Å². The molecule has 1 unspecified atom stereocenters. The third-order valence-corrected chi connectivity index (χ3v) is 7.80. The van der Waals surface area contributed by atoms with Crippen molar-refractivity contribution in [2.75, 3.05) is 0 Å². The van der Waals surface area contributed by atoms with Crippen molar-refractivity contribution in [1.29, 1.82) is 0 Å². The van der Waals surface area contributed by atoms with Crippen molar-refractivity contribution in [3.8, 4) is 0 Å². The minimum atomic E-state index is -1.23. The summed E-state index contributed by atoms with van der Waals surface area (Å²) in [6.07, 6.45) is 3.32. The molecule has 0 aromatic carbocycles. The number of ketones is 1. The summed E-state index contributed by atoms with van der Waals surface area (Å²) in [4.78, 5) is 30.4. The molecule has 0 bridgehead atoms. The predicted octanol–water partition coefficient (Wildman–Crippen LogP) is 5.90. The summed E-state index contributed by atoms with van der Waals surface area (Å²) in [5, 5.41) is 24.3. The number of carbonyl (C=O) groups is 2. The molecule has 6 nitrogen and oxygen atoms in total. The summed E-state index contributed by atoms with van der Waals surface area (Å²) in [6, 6.07) is 0. The molecule has 0 amide bonds. The molecule has 0 aliphatic rings. The van der Waals surface area contributed by atoms with E-state index in [0.717, 1.165) is 29.1 Å². The van der Waals surface area contributed by atoms with Crippen LogP contribution in [0, 0.1) is 24.2 Å². The van der Waals surface area contributed by atoms with Crippen molar-refractivity contribution in [2.24, 2.45) is 17.3 Å². The monoisotopic (exact) mass is 507 g/mol. The normalized spacial score (nSPS) is 17.5. The summed E-state index contributed by atoms with van der Waals surface area (Å²) in [7, 11) is 0. The largest absolute Gasteiger partial charge is 0.457 e. The lowest BCUT2D eigenvalue weighted by Crippen LogP contribution is -2.45. The molecule has 0 spiro atoms. The molecule has 0 saturated carbocycles. The van der Waals surface area contributed by atoms with Crippen LogP contribution in [-0.4, -0.2) is 45.3 Å². The standard InChI is InChI=1S/C28H45NO5S/c1-10-17(3)12-13-23(19(5)14-22-16-35-21(7)29-22)34-25(31)15-24(30)28(8,9)27(33)20(6)26(32)18(4)11-2/h12,14,16,18,20,23-24,26,30,32H,10-11,13,15H2,1-9H3/t18-,20+,23-,24?,26-/m0/s1. The molecular formula is C28H45NO5S. The second kappa shape index (κ2) is 14.0. The van der Waals surface area contributed by atoms with E-state index in [1.807, 2.05) is 46.1 Å². The molecule has 5 atom stereocenters. The maximum atomic E-state index is 13.1. The van der Waals surface area contributed by atoms with Gasteiger partial charge in [-0.2, -0.15) is 0 Å². The van der Waals surface area contributed by atoms with Gasteiger partial charge in [-0.25, -0.2) is 4.98 Å². The Labute approximate surface area is 215 Å². The van der Waals surface area contributed by atoms with Crippen molar-refractivity contribution in [1.82, 2.24) is 4.98 Å². The molecule has 1 aromatic rings. The van der Waals surface area contributed by atoms with Gasteiger partial charge >= 0.3 is 5.97 Å². The first-order valence-electron chi connectivity index (χ1n) is 12.6. The molecule has 7 heteroatoms. The maximum absolute atomic E-state index is 13.1. The highest BCUT2D eigenvalue weighted by molar-refractivity contribution is 7.09. The average Bonchev–Trinajstić information content (AvgIpc) is 3.23. The number of aromatic nitrogens is 1. The van der Waals surface area contributed by atoms with Gasteiger partial charge < -0.3 is 14.9 Å². The number of nitrogens with zero attached hydrogens (tertiary/aromatic N) is 1. The van der Waals surface area contributed by atoms with Crippen LogP contribution in [0.3, 0.4) is 0 Å². The fraction of sp³-hybridized carbons (Fsp3) is 0.679. The summed E-state index contributed by atoms with van der Waals surface area (Å²) in [6.45, 7) is 16.7. The van der Waals surface area contributed by atoms with Crippen LogP contribution in [0.5, 0.6) is 0 Å². The topological polar surface area (TPSA) is 96.7 Å². The lowest BCUT2D eigenvalue weighted by Gasteiger charge is -2.34. The number of ether oxygens (including phenoxy) is 1. The van der Waals surface area contributed by atoms with Gasteiger partial charge in [0.25, 0.3) is 0 Å². The van der Waals surface area contributed by atoms with Gasteiger partial charge in [-0.1, -0.05) is 59.6 Å². The van der Waals surface area contributed by atoms with Gasteiger partial charge in [-0.05, 0) is 44.8 Å². The van der Waals surface area contributed by atoms with Gasteiger partial charge in [-0.15, -0.1) is 11.3 Å². The van der Waals surface area contributed by atoms with Crippen LogP contribution in [0.1, 0.15) is 91.8 Å². The van der Waals surface area contributed by atoms with E-state index in [-0.39, 0.29) is 18.1 Å². The molecule has 0 aliphatic carbocycles. The smallest absolute Gasteiger partial charge is 0.309 e. The van der Waals surface area contributed by atoms with Crippen LogP contribution >= 0.6 is 11.3 Å². The van der Waals surface area contributed by atoms with Crippen LogP contribution < -0.4 is 0 Å². The molecule has 2 N–H and O–H groups in total. The number of carbonyl (C=O) groups excluding carboxylic acids is 2. The van der Waals surface area contributed by atoms with Crippen LogP contribution in [0.25, 0.3) is 6.08 Å². The number of aliphatic hydroxyl groups is 2. The number of hydrogen-bond donors (Lipinski definition) is 2. The lowest BCUT2D eigenvalue weighted by atomic mass is 9.73. The van der Waals surface area contributed by atoms with Gasteiger partial charge in [0.2, 0.25) is 0 Å². The first-order valence-corrected chi connectivity index (χ1v) is 13.5. The number of allylic oxidation sites excluding steroid dienone is 1. The Hall–Kier alpha value is -1.83. The molecule has 0 aliphatic heterocycles. The Bertz CT molecular complexity index is 901. The average molecular weight is 508 g/mol. The Balaban J connectivity index is 2.98. The number of esters is 1. The number of aryl methyl sites for hydroxylation is 1. The molecule has 198 valence electrons. The van der Waals surface area contributed by atoms with Crippen LogP contribution in [0.2, 0.25) is 0 Å². The highest BCUT2D eigenvalue weighted by atomic mass is 32.1. The Morgan fingerprint density at radius 1 is 1.20 bits per heavy atom. The fourth-order valence-corrected chi connectivity index (χ4v) is 4.38. The summed E-state index contributed by atoms with van der Waals surface area (Å²) in [5.41, 5.74) is 1.68. The van der Waals surface area contributed by atoms with Crippen LogP contribution in [0.4, 0.5) is 0 Å². The minimum absolute atomic E-state index is 0.0384. The Kier molecular flexibility index (Phi) is 12.5. The number of Topliss-reactive ketones (excluding diaryl/α,β-unsaturated/α-hetero) is 1. The minimum Gasteiger partial charge on any atom is -0.457 e. The second-order valence-electron chi connectivity index (χ2n) is 10.3. The molecule has 1 aromatic heterocycles. The van der Waals surface area contributed by atoms with Gasteiger partial charge in [0.1, 0.15) is 11.9 Å². The maximum Gasteiger partial charge on any atom is 0.309 e. The quantitative estimate of drug-likeness (QED) is 0.240. The van der Waals surface area contributed by atoms with E-state index >= 15 is 0 Å². The van der Waals surface area contributed by atoms with Crippen LogP contribution in [-0.2, 0) is 14.3 Å². The summed E-state index contributed by atoms with van der Waals surface area (Å²) >= 11 is 1.56. The third-order valence-electron chi connectivity index (χ3n) is 7.01. The lowest BCUT2D eigenvalue weighted by molar-refractivity contribution is -0.154. The highest BCUT2D eigenvalue weighted by Crippen LogP contribution is 2.31. The van der Waals surface area contributed by atoms with Gasteiger partial charge in [0, 0.05) is 17.7 Å². The predicted molar refractivity (Wildman–Crippen MR) is 143 cm³/mol. The highest BCUT2D eigenvalue weighted by Gasteiger charge is 2.42. The molecule has 0 saturated heterocycles. The van der Waals surface area contributed by atoms with E-state index in [4.69, 9.17) is 4.74 Å². The van der Waals surface area contributed by atoms with E-state index in [0.29, 0.717) is 6.42 Å². The number of rotatable bonds is 14. The summed E-state index contributed by atoms with van der Waals surface area (Å²) in [5.74, 6) is -1.52. The zero-order valence-electron chi connectivity index (χ0n) is 22.9. The zero-order valence-corrected chi connectivity index (χ0v) is 23.7. The molecule has 35 heavy (non-hydrogen) atoms. The van der Waals surface area contributed by atoms with Crippen molar-refractivity contribution >= 4 is 29.2 Å². The first kappa shape index (κ1) is 31.2. The second-order valence-corrected chi connectivity index (χ2v) is 11.3. The summed E-state index contributed by atoms with van der Waals surface area (Å²) < 4.78 is 5.80. The van der Waals surface area contributed by atoms with E-state index in [9.17, 15) is 19.8 Å². The zero-order chi connectivity index (χ0) is 26.9. The molecule has 1 rings (SSSR count). The Morgan fingerprint density at radius 3 is 2.34 bits per heavy atom. The molecule has 0 radical (unpaired) electrons. The van der Waals surface area contributed by atoms with Crippen molar-refractivity contribution in [3.05, 3.63) is 33.3 Å². The molecule has 0 fully saturated rings. The molecular weight excluding hydrogens is 462 g/mol. The van der Waals surface area contributed by atoms with Crippen molar-refractivity contribution < 1.29 is 24.5 Å².